The van der Waals surface area contributed by atoms with E-state index in [2.05, 4.69) is 19.2 Å². The Kier molecular flexibility index (Phi) is 33.5. The number of hydrogen-bond acceptors (Lipinski definition) is 9. The van der Waals surface area contributed by atoms with Gasteiger partial charge in [-0.1, -0.05) is 90.9 Å². The minimum absolute atomic E-state index is 0.102. The van der Waals surface area contributed by atoms with Gasteiger partial charge in [-0.2, -0.15) is 0 Å². The fraction of sp³-hybridized carbons (Fsp3) is 0.914. The number of nitrogens with one attached hydrogen (secondary N) is 1. The molecule has 0 spiro atoms. The maximum absolute atomic E-state index is 12.1. The number of ether oxygens (including phenoxy) is 6. The molecule has 0 aromatic carbocycles. The first kappa shape index (κ1) is 43.1. The van der Waals surface area contributed by atoms with Gasteiger partial charge in [-0.25, -0.2) is 4.79 Å². The van der Waals surface area contributed by atoms with E-state index in [1.54, 1.807) is 7.11 Å². The molecule has 1 N–H and O–H groups in total. The molecule has 266 valence electrons. The van der Waals surface area contributed by atoms with Crippen molar-refractivity contribution in [3.05, 3.63) is 0 Å². The molecule has 0 fully saturated rings. The number of rotatable bonds is 34. The second-order valence-corrected chi connectivity index (χ2v) is 11.7. The van der Waals surface area contributed by atoms with Crippen molar-refractivity contribution in [3.8, 4) is 0 Å². The SMILES string of the molecule is CCCCCCCOC(=O)CCCCCCC(COC(=O)NCCOCCOC)OCCCCCCC(=O)OCCCCCC. The Bertz CT molecular complexity index is 678. The highest BCUT2D eigenvalue weighted by atomic mass is 16.6. The molecule has 0 aromatic heterocycles. The molecule has 1 atom stereocenters. The molecule has 1 unspecified atom stereocenters. The largest absolute Gasteiger partial charge is 0.466 e. The highest BCUT2D eigenvalue weighted by Gasteiger charge is 2.13. The second kappa shape index (κ2) is 35.0. The molecule has 0 aliphatic heterocycles. The van der Waals surface area contributed by atoms with E-state index < -0.39 is 6.09 Å². The second-order valence-electron chi connectivity index (χ2n) is 11.7. The summed E-state index contributed by atoms with van der Waals surface area (Å²) >= 11 is 0. The minimum Gasteiger partial charge on any atom is -0.466 e. The summed E-state index contributed by atoms with van der Waals surface area (Å²) in [5, 5.41) is 2.69. The van der Waals surface area contributed by atoms with Crippen molar-refractivity contribution < 1.29 is 42.8 Å². The van der Waals surface area contributed by atoms with Crippen LogP contribution < -0.4 is 5.32 Å². The van der Waals surface area contributed by atoms with Crippen LogP contribution in [0.3, 0.4) is 0 Å². The molecule has 1 amide bonds. The van der Waals surface area contributed by atoms with E-state index in [1.807, 2.05) is 0 Å². The quantitative estimate of drug-likeness (QED) is 0.0427. The lowest BCUT2D eigenvalue weighted by Crippen LogP contribution is -2.31. The van der Waals surface area contributed by atoms with Crippen LogP contribution in [0, 0.1) is 0 Å². The van der Waals surface area contributed by atoms with Crippen LogP contribution in [0.5, 0.6) is 0 Å². The van der Waals surface area contributed by atoms with Gasteiger partial charge in [0.25, 0.3) is 0 Å². The summed E-state index contributed by atoms with van der Waals surface area (Å²) in [5.41, 5.74) is 0. The predicted molar refractivity (Wildman–Crippen MR) is 177 cm³/mol. The summed E-state index contributed by atoms with van der Waals surface area (Å²) in [6.07, 6.45) is 18.5. The summed E-state index contributed by atoms with van der Waals surface area (Å²) in [5.74, 6) is -0.205. The van der Waals surface area contributed by atoms with Crippen LogP contribution >= 0.6 is 0 Å². The Morgan fingerprint density at radius 3 is 1.69 bits per heavy atom. The average molecular weight is 646 g/mol. The minimum atomic E-state index is -0.486. The van der Waals surface area contributed by atoms with Crippen LogP contribution in [0.1, 0.15) is 142 Å². The normalized spacial score (nSPS) is 11.7. The predicted octanol–water partition coefficient (Wildman–Crippen LogP) is 7.69. The van der Waals surface area contributed by atoms with Crippen LogP contribution in [-0.2, 0) is 38.0 Å². The molecule has 0 aliphatic rings. The average Bonchev–Trinajstić information content (AvgIpc) is 3.03. The highest BCUT2D eigenvalue weighted by Crippen LogP contribution is 2.13. The molecular formula is C35H67NO9. The van der Waals surface area contributed by atoms with Crippen molar-refractivity contribution in [1.82, 2.24) is 5.32 Å². The first-order valence-corrected chi connectivity index (χ1v) is 17.9. The van der Waals surface area contributed by atoms with E-state index in [-0.39, 0.29) is 24.6 Å². The number of carbonyl (C=O) groups is 3. The highest BCUT2D eigenvalue weighted by molar-refractivity contribution is 5.69. The summed E-state index contributed by atoms with van der Waals surface area (Å²) in [6, 6.07) is 0. The molecule has 0 saturated heterocycles. The molecule has 0 aromatic rings. The van der Waals surface area contributed by atoms with Crippen molar-refractivity contribution in [2.45, 2.75) is 148 Å². The van der Waals surface area contributed by atoms with E-state index in [4.69, 9.17) is 28.4 Å². The molecule has 0 aliphatic carbocycles. The number of alkyl carbamates (subject to hydrolysis) is 1. The molecule has 10 nitrogen and oxygen atoms in total. The number of amides is 1. The third-order valence-electron chi connectivity index (χ3n) is 7.41. The molecule has 0 rings (SSSR count). The van der Waals surface area contributed by atoms with Crippen molar-refractivity contribution in [3.63, 3.8) is 0 Å². The zero-order valence-electron chi connectivity index (χ0n) is 29.1. The smallest absolute Gasteiger partial charge is 0.407 e. The Balaban J connectivity index is 4.18. The van der Waals surface area contributed by atoms with E-state index in [9.17, 15) is 14.4 Å². The van der Waals surface area contributed by atoms with Gasteiger partial charge in [-0.3, -0.25) is 9.59 Å². The lowest BCUT2D eigenvalue weighted by Gasteiger charge is -2.18. The topological polar surface area (TPSA) is 119 Å². The summed E-state index contributed by atoms with van der Waals surface area (Å²) < 4.78 is 32.4. The first-order chi connectivity index (χ1) is 22.0. The third kappa shape index (κ3) is 33.3. The monoisotopic (exact) mass is 645 g/mol. The van der Waals surface area contributed by atoms with Gasteiger partial charge in [-0.05, 0) is 38.5 Å². The van der Waals surface area contributed by atoms with Gasteiger partial charge >= 0.3 is 18.0 Å². The molecule has 0 heterocycles. The Morgan fingerprint density at radius 1 is 0.556 bits per heavy atom. The van der Waals surface area contributed by atoms with Gasteiger partial charge in [0.05, 0.1) is 39.1 Å². The number of hydrogen-bond donors (Lipinski definition) is 1. The lowest BCUT2D eigenvalue weighted by molar-refractivity contribution is -0.144. The van der Waals surface area contributed by atoms with E-state index >= 15 is 0 Å². The molecular weight excluding hydrogens is 578 g/mol. The number of esters is 2. The van der Waals surface area contributed by atoms with Crippen LogP contribution in [0.4, 0.5) is 4.79 Å². The summed E-state index contributed by atoms with van der Waals surface area (Å²) in [7, 11) is 1.61. The lowest BCUT2D eigenvalue weighted by atomic mass is 10.1. The standard InChI is InChI=1S/C35H67NO9/c1-4-6-8-13-20-27-44-33(37)22-16-11-10-15-21-32(31-45-35(39)36-24-28-41-30-29-40-3)42-25-19-14-12-17-23-34(38)43-26-18-9-7-5-2/h32H,4-31H2,1-3H3,(H,36,39). The Hall–Kier alpha value is -1.91. The summed E-state index contributed by atoms with van der Waals surface area (Å²) in [4.78, 5) is 35.9. The maximum Gasteiger partial charge on any atom is 0.407 e. The van der Waals surface area contributed by atoms with Gasteiger partial charge in [0.15, 0.2) is 0 Å². The molecule has 45 heavy (non-hydrogen) atoms. The fourth-order valence-corrected chi connectivity index (χ4v) is 4.62. The van der Waals surface area contributed by atoms with Crippen LogP contribution in [-0.4, -0.2) is 84.0 Å². The first-order valence-electron chi connectivity index (χ1n) is 17.9. The van der Waals surface area contributed by atoms with E-state index in [0.29, 0.717) is 59.0 Å². The van der Waals surface area contributed by atoms with Crippen LogP contribution in [0.2, 0.25) is 0 Å². The fourth-order valence-electron chi connectivity index (χ4n) is 4.62. The number of carbonyl (C=O) groups excluding carboxylic acids is 3. The van der Waals surface area contributed by atoms with E-state index in [1.165, 1.54) is 32.1 Å². The van der Waals surface area contributed by atoms with Gasteiger partial charge in [0, 0.05) is 33.1 Å². The Morgan fingerprint density at radius 2 is 1.09 bits per heavy atom. The molecule has 0 radical (unpaired) electrons. The van der Waals surface area contributed by atoms with Crippen molar-refractivity contribution in [2.75, 3.05) is 59.9 Å². The van der Waals surface area contributed by atoms with E-state index in [0.717, 1.165) is 83.5 Å². The van der Waals surface area contributed by atoms with Gasteiger partial charge < -0.3 is 33.7 Å². The zero-order valence-corrected chi connectivity index (χ0v) is 29.1. The molecule has 0 bridgehead atoms. The number of unbranched alkanes of at least 4 members (excludes halogenated alkanes) is 13. The van der Waals surface area contributed by atoms with Crippen LogP contribution in [0.25, 0.3) is 0 Å². The van der Waals surface area contributed by atoms with Crippen molar-refractivity contribution in [1.29, 1.82) is 0 Å². The number of methoxy groups -OCH3 is 1. The van der Waals surface area contributed by atoms with Gasteiger partial charge in [0.1, 0.15) is 6.61 Å². The van der Waals surface area contributed by atoms with Gasteiger partial charge in [-0.15, -0.1) is 0 Å². The molecule has 10 heteroatoms. The maximum atomic E-state index is 12.1. The zero-order chi connectivity index (χ0) is 33.1. The Labute approximate surface area is 274 Å². The molecule has 0 saturated carbocycles. The van der Waals surface area contributed by atoms with Crippen LogP contribution in [0.15, 0.2) is 0 Å². The van der Waals surface area contributed by atoms with Crippen molar-refractivity contribution >= 4 is 18.0 Å². The summed E-state index contributed by atoms with van der Waals surface area (Å²) in [6.45, 7) is 7.92. The van der Waals surface area contributed by atoms with Gasteiger partial charge in [0.2, 0.25) is 0 Å². The van der Waals surface area contributed by atoms with Crippen molar-refractivity contribution in [2.24, 2.45) is 0 Å². The third-order valence-corrected chi connectivity index (χ3v) is 7.41.